The van der Waals surface area contributed by atoms with Gasteiger partial charge in [0.25, 0.3) is 21.0 Å². The number of aliphatic hydroxyl groups excluding tert-OH is 1. The number of rotatable bonds is 22. The van der Waals surface area contributed by atoms with E-state index in [0.29, 0.717) is 0 Å². The largest absolute Gasteiger partial charge is 0.461 e. The van der Waals surface area contributed by atoms with Crippen LogP contribution in [0.15, 0.2) is 97.1 Å². The molecule has 0 radical (unpaired) electrons. The maximum atomic E-state index is 14.0. The number of benzene rings is 4. The minimum atomic E-state index is -2.02. The molecule has 1 N–H and O–H groups in total. The van der Waals surface area contributed by atoms with Crippen molar-refractivity contribution in [1.29, 1.82) is 0 Å². The molecule has 4 aromatic rings. The van der Waals surface area contributed by atoms with E-state index in [1.807, 2.05) is 0 Å². The van der Waals surface area contributed by atoms with Gasteiger partial charge in [-0.2, -0.15) is 0 Å². The summed E-state index contributed by atoms with van der Waals surface area (Å²) in [7, 11) is 0. The quantitative estimate of drug-likeness (QED) is 0.0344. The van der Waals surface area contributed by atoms with Gasteiger partial charge in [-0.05, 0) is 102 Å². The zero-order valence-corrected chi connectivity index (χ0v) is 35.6. The highest BCUT2D eigenvalue weighted by Gasteiger charge is 2.45. The topological polar surface area (TPSA) is 194 Å². The van der Waals surface area contributed by atoms with Crippen molar-refractivity contribution in [3.63, 3.8) is 0 Å². The first-order valence-corrected chi connectivity index (χ1v) is 20.0. The molecule has 17 heteroatoms. The average molecular weight is 917 g/mol. The first-order chi connectivity index (χ1) is 29.0. The third-order valence-electron chi connectivity index (χ3n) is 10.1. The molecular weight excluding hydrogens is 878 g/mol. The zero-order chi connectivity index (χ0) is 44.9. The second kappa shape index (κ2) is 22.0. The number of ketones is 1. The molecule has 0 heterocycles. The fourth-order valence-electron chi connectivity index (χ4n) is 6.17. The summed E-state index contributed by atoms with van der Waals surface area (Å²) in [6, 6.07) is 22.4. The van der Waals surface area contributed by atoms with Gasteiger partial charge in [0.1, 0.15) is 25.9 Å². The second-order valence-electron chi connectivity index (χ2n) is 13.8. The van der Waals surface area contributed by atoms with Crippen LogP contribution in [0.25, 0.3) is 0 Å². The van der Waals surface area contributed by atoms with Crippen molar-refractivity contribution < 1.29 is 62.4 Å². The van der Waals surface area contributed by atoms with Crippen LogP contribution < -0.4 is 0 Å². The van der Waals surface area contributed by atoms with Crippen molar-refractivity contribution in [3.05, 3.63) is 142 Å². The van der Waals surface area contributed by atoms with Gasteiger partial charge in [0, 0.05) is 27.8 Å². The van der Waals surface area contributed by atoms with Crippen LogP contribution in [-0.2, 0) is 18.9 Å². The molecule has 0 amide bonds. The van der Waals surface area contributed by atoms with E-state index < -0.39 is 94.6 Å². The number of carbonyl (C=O) groups excluding carboxylic acids is 8. The molecule has 0 aliphatic rings. The lowest BCUT2D eigenvalue weighted by atomic mass is 9.77. The Bertz CT molecular complexity index is 2250. The number of hydrogen-bond donors (Lipinski definition) is 1. The Hall–Kier alpha value is -5.28. The Morgan fingerprint density at radius 3 is 1.10 bits per heavy atom. The first kappa shape index (κ1) is 48.4. The van der Waals surface area contributed by atoms with Crippen LogP contribution in [-0.4, -0.2) is 88.9 Å². The van der Waals surface area contributed by atoms with Gasteiger partial charge in [-0.15, -0.1) is 0 Å². The van der Waals surface area contributed by atoms with Crippen LogP contribution in [0.5, 0.6) is 0 Å². The molecule has 0 aliphatic carbocycles. The standard InChI is InChI=1S/C44H38Cl4O13/c1-3-43(22-59-40(55)31-18-10-7-15-28(31)37(46)52,23-60-41(56)32-19-11-8-16-29(32)38(47)53)21-58-24-44(4-2,25-61-42(57)33-20-12-9-17-30(33)39(48)54)35(50)34(49)26-13-5-6-14-27(26)36(45)51/h5-20,35,50H,3-4,21-25H2,1-2H3. The van der Waals surface area contributed by atoms with Crippen LogP contribution in [0.2, 0.25) is 0 Å². The lowest BCUT2D eigenvalue weighted by molar-refractivity contribution is -0.0997. The fourth-order valence-corrected chi connectivity index (χ4v) is 6.83. The summed E-state index contributed by atoms with van der Waals surface area (Å²) in [6.07, 6.45) is -2.03. The van der Waals surface area contributed by atoms with E-state index in [1.54, 1.807) is 13.8 Å². The number of carbonyl (C=O) groups is 8. The SMILES string of the molecule is CCC(COCC(CC)(COC(=O)c1ccccc1C(=O)Cl)C(O)C(=O)c1ccccc1C(=O)Cl)(COC(=O)c1ccccc1C(=O)Cl)COC(=O)c1ccccc1C(=O)Cl. The minimum absolute atomic E-state index is 0.0871. The van der Waals surface area contributed by atoms with Gasteiger partial charge in [0.15, 0.2) is 5.78 Å². The number of hydrogen-bond acceptors (Lipinski definition) is 13. The predicted molar refractivity (Wildman–Crippen MR) is 224 cm³/mol. The summed E-state index contributed by atoms with van der Waals surface area (Å²) in [5.41, 5.74) is -4.52. The maximum Gasteiger partial charge on any atom is 0.338 e. The molecule has 0 bridgehead atoms. The lowest BCUT2D eigenvalue weighted by Gasteiger charge is -2.38. The fraction of sp³-hybridized carbons (Fsp3) is 0.273. The highest BCUT2D eigenvalue weighted by molar-refractivity contribution is 6.69. The highest BCUT2D eigenvalue weighted by Crippen LogP contribution is 2.34. The van der Waals surface area contributed by atoms with E-state index in [-0.39, 0.29) is 57.3 Å². The van der Waals surface area contributed by atoms with Crippen LogP contribution in [0.4, 0.5) is 0 Å². The van der Waals surface area contributed by atoms with Crippen LogP contribution in [0, 0.1) is 10.8 Å². The smallest absolute Gasteiger partial charge is 0.338 e. The van der Waals surface area contributed by atoms with Gasteiger partial charge in [-0.25, -0.2) is 14.4 Å². The second-order valence-corrected chi connectivity index (χ2v) is 15.2. The van der Waals surface area contributed by atoms with Crippen LogP contribution in [0.1, 0.15) is 110 Å². The third kappa shape index (κ3) is 12.0. The van der Waals surface area contributed by atoms with Gasteiger partial charge < -0.3 is 24.1 Å². The molecule has 320 valence electrons. The van der Waals surface area contributed by atoms with Gasteiger partial charge in [-0.1, -0.05) is 68.4 Å². The summed E-state index contributed by atoms with van der Waals surface area (Å²) in [6.45, 7) is 0.597. The zero-order valence-electron chi connectivity index (χ0n) is 32.6. The van der Waals surface area contributed by atoms with Crippen molar-refractivity contribution in [2.24, 2.45) is 10.8 Å². The summed E-state index contributed by atoms with van der Waals surface area (Å²) in [5.74, 6) is -3.89. The lowest BCUT2D eigenvalue weighted by Crippen LogP contribution is -2.49. The molecule has 2 atom stereocenters. The Balaban J connectivity index is 1.71. The summed E-state index contributed by atoms with van der Waals surface area (Å²) in [5, 5.41) is 8.13. The third-order valence-corrected chi connectivity index (χ3v) is 10.9. The highest BCUT2D eigenvalue weighted by atomic mass is 35.5. The van der Waals surface area contributed by atoms with Crippen molar-refractivity contribution in [2.45, 2.75) is 32.8 Å². The van der Waals surface area contributed by atoms with Crippen LogP contribution >= 0.6 is 46.4 Å². The number of ether oxygens (including phenoxy) is 4. The van der Waals surface area contributed by atoms with E-state index in [4.69, 9.17) is 65.4 Å². The molecule has 0 aliphatic heterocycles. The average Bonchev–Trinajstić information content (AvgIpc) is 3.27. The molecule has 61 heavy (non-hydrogen) atoms. The van der Waals surface area contributed by atoms with Crippen molar-refractivity contribution in [1.82, 2.24) is 0 Å². The Kier molecular flexibility index (Phi) is 17.5. The molecule has 0 spiro atoms. The van der Waals surface area contributed by atoms with E-state index in [9.17, 15) is 43.5 Å². The number of aliphatic hydroxyl groups is 1. The van der Waals surface area contributed by atoms with Gasteiger partial charge in [0.05, 0.1) is 40.7 Å². The maximum absolute atomic E-state index is 14.0. The monoisotopic (exact) mass is 914 g/mol. The number of esters is 3. The Morgan fingerprint density at radius 2 is 0.770 bits per heavy atom. The molecule has 13 nitrogen and oxygen atoms in total. The summed E-state index contributed by atoms with van der Waals surface area (Å²) in [4.78, 5) is 103. The van der Waals surface area contributed by atoms with E-state index >= 15 is 0 Å². The molecule has 4 rings (SSSR count). The number of Topliss-reactive ketones (excluding diaryl/α,β-unsaturated/α-hetero) is 1. The Labute approximate surface area is 370 Å². The summed E-state index contributed by atoms with van der Waals surface area (Å²) < 4.78 is 23.2. The molecular formula is C44H38Cl4O13. The Morgan fingerprint density at radius 1 is 0.459 bits per heavy atom. The van der Waals surface area contributed by atoms with Gasteiger partial charge in [0.2, 0.25) is 0 Å². The predicted octanol–water partition coefficient (Wildman–Crippen LogP) is 8.13. The molecule has 4 aromatic carbocycles. The van der Waals surface area contributed by atoms with Crippen molar-refractivity contribution in [2.75, 3.05) is 33.0 Å². The summed E-state index contributed by atoms with van der Waals surface area (Å²) >= 11 is 22.9. The van der Waals surface area contributed by atoms with E-state index in [0.717, 1.165) is 0 Å². The van der Waals surface area contributed by atoms with E-state index in [1.165, 1.54) is 97.1 Å². The van der Waals surface area contributed by atoms with Gasteiger partial charge in [-0.3, -0.25) is 24.0 Å². The van der Waals surface area contributed by atoms with Gasteiger partial charge >= 0.3 is 17.9 Å². The molecule has 0 saturated carbocycles. The molecule has 0 fully saturated rings. The number of halogens is 4. The molecule has 2 unspecified atom stereocenters. The van der Waals surface area contributed by atoms with E-state index in [2.05, 4.69) is 0 Å². The van der Waals surface area contributed by atoms with Crippen molar-refractivity contribution in [3.8, 4) is 0 Å². The first-order valence-electron chi connectivity index (χ1n) is 18.5. The normalized spacial score (nSPS) is 12.6. The molecule has 0 aromatic heterocycles. The van der Waals surface area contributed by atoms with Crippen LogP contribution in [0.3, 0.4) is 0 Å². The van der Waals surface area contributed by atoms with Crippen molar-refractivity contribution >= 4 is 91.1 Å². The minimum Gasteiger partial charge on any atom is -0.461 e. The molecule has 0 saturated heterocycles.